The van der Waals surface area contributed by atoms with Crippen LogP contribution in [0, 0.1) is 0 Å². The summed E-state index contributed by atoms with van der Waals surface area (Å²) in [6, 6.07) is 7.21. The number of methoxy groups -OCH3 is 1. The van der Waals surface area contributed by atoms with E-state index in [1.807, 2.05) is 26.0 Å². The topological polar surface area (TPSA) is 26.3 Å². The maximum atomic E-state index is 10.9. The molecule has 1 rings (SSSR count). The van der Waals surface area contributed by atoms with Crippen LogP contribution >= 0.6 is 11.6 Å². The number of carbonyl (C=O) groups excluding carboxylic acids is 1. The fourth-order valence-corrected chi connectivity index (χ4v) is 1.07. The molecule has 0 aliphatic heterocycles. The Kier molecular flexibility index (Phi) is 6.85. The van der Waals surface area contributed by atoms with Crippen molar-refractivity contribution in [3.63, 3.8) is 0 Å². The van der Waals surface area contributed by atoms with Crippen molar-refractivity contribution in [3.05, 3.63) is 34.9 Å². The Hall–Kier alpha value is -1.02. The largest absolute Gasteiger partial charge is 0.469 e. The summed E-state index contributed by atoms with van der Waals surface area (Å²) >= 11 is 5.82. The lowest BCUT2D eigenvalue weighted by Crippen LogP contribution is -2.04. The highest BCUT2D eigenvalue weighted by Crippen LogP contribution is 2.15. The third-order valence-corrected chi connectivity index (χ3v) is 1.89. The molecule has 14 heavy (non-hydrogen) atoms. The average molecular weight is 215 g/mol. The first kappa shape index (κ1) is 13.0. The molecule has 0 amide bonds. The van der Waals surface area contributed by atoms with Gasteiger partial charge in [-0.05, 0) is 11.6 Å². The molecule has 0 N–H and O–H groups in total. The molecular formula is C11H15ClO2. The van der Waals surface area contributed by atoms with Gasteiger partial charge in [0.2, 0.25) is 0 Å². The molecule has 3 heteroatoms. The van der Waals surface area contributed by atoms with Crippen LogP contribution in [0.2, 0.25) is 5.02 Å². The van der Waals surface area contributed by atoms with Crippen molar-refractivity contribution >= 4 is 17.6 Å². The minimum absolute atomic E-state index is 0.232. The number of hydrogen-bond donors (Lipinski definition) is 0. The monoisotopic (exact) mass is 214 g/mol. The standard InChI is InChI=1S/C9H9ClO2.C2H6/c1-12-9(11)6-7-4-2-3-5-8(7)10;1-2/h2-5H,6H2,1H3;1-2H3. The molecule has 0 bridgehead atoms. The Morgan fingerprint density at radius 1 is 1.36 bits per heavy atom. The molecule has 2 nitrogen and oxygen atoms in total. The van der Waals surface area contributed by atoms with E-state index in [2.05, 4.69) is 4.74 Å². The van der Waals surface area contributed by atoms with E-state index in [1.165, 1.54) is 7.11 Å². The molecule has 0 fully saturated rings. The van der Waals surface area contributed by atoms with Crippen molar-refractivity contribution in [2.45, 2.75) is 20.3 Å². The quantitative estimate of drug-likeness (QED) is 0.708. The Morgan fingerprint density at radius 3 is 2.43 bits per heavy atom. The third kappa shape index (κ3) is 4.28. The molecule has 0 spiro atoms. The second kappa shape index (κ2) is 7.39. The van der Waals surface area contributed by atoms with Crippen molar-refractivity contribution in [2.75, 3.05) is 7.11 Å². The summed E-state index contributed by atoms with van der Waals surface area (Å²) < 4.78 is 4.51. The number of hydrogen-bond acceptors (Lipinski definition) is 2. The normalized spacial score (nSPS) is 8.57. The Bertz CT molecular complexity index is 284. The smallest absolute Gasteiger partial charge is 0.310 e. The molecule has 1 aromatic rings. The molecule has 0 aromatic heterocycles. The van der Waals surface area contributed by atoms with E-state index < -0.39 is 0 Å². The lowest BCUT2D eigenvalue weighted by molar-refractivity contribution is -0.139. The van der Waals surface area contributed by atoms with E-state index in [0.29, 0.717) is 5.02 Å². The van der Waals surface area contributed by atoms with Gasteiger partial charge in [-0.3, -0.25) is 4.79 Å². The van der Waals surface area contributed by atoms with E-state index in [4.69, 9.17) is 11.6 Å². The van der Waals surface area contributed by atoms with E-state index in [-0.39, 0.29) is 12.4 Å². The first-order valence-electron chi connectivity index (χ1n) is 4.54. The predicted octanol–water partition coefficient (Wildman–Crippen LogP) is 3.08. The van der Waals surface area contributed by atoms with Crippen LogP contribution in [-0.4, -0.2) is 13.1 Å². The highest BCUT2D eigenvalue weighted by Gasteiger charge is 2.04. The predicted molar refractivity (Wildman–Crippen MR) is 58.5 cm³/mol. The van der Waals surface area contributed by atoms with Gasteiger partial charge in [-0.2, -0.15) is 0 Å². The SMILES string of the molecule is CC.COC(=O)Cc1ccccc1Cl. The zero-order chi connectivity index (χ0) is 11.0. The van der Waals surface area contributed by atoms with Gasteiger partial charge < -0.3 is 4.74 Å². The van der Waals surface area contributed by atoms with Crippen molar-refractivity contribution in [1.82, 2.24) is 0 Å². The highest BCUT2D eigenvalue weighted by molar-refractivity contribution is 6.31. The van der Waals surface area contributed by atoms with Gasteiger partial charge in [0.1, 0.15) is 0 Å². The maximum Gasteiger partial charge on any atom is 0.310 e. The number of halogens is 1. The highest BCUT2D eigenvalue weighted by atomic mass is 35.5. The van der Waals surface area contributed by atoms with Crippen molar-refractivity contribution in [1.29, 1.82) is 0 Å². The number of rotatable bonds is 2. The lowest BCUT2D eigenvalue weighted by atomic mass is 10.1. The molecule has 0 saturated carbocycles. The van der Waals surface area contributed by atoms with Crippen molar-refractivity contribution in [2.24, 2.45) is 0 Å². The van der Waals surface area contributed by atoms with Gasteiger partial charge in [0, 0.05) is 5.02 Å². The van der Waals surface area contributed by atoms with Gasteiger partial charge in [0.25, 0.3) is 0 Å². The van der Waals surface area contributed by atoms with Crippen LogP contribution in [0.5, 0.6) is 0 Å². The van der Waals surface area contributed by atoms with E-state index >= 15 is 0 Å². The molecule has 0 unspecified atom stereocenters. The number of benzene rings is 1. The van der Waals surface area contributed by atoms with Crippen molar-refractivity contribution in [3.8, 4) is 0 Å². The first-order chi connectivity index (χ1) is 6.74. The minimum Gasteiger partial charge on any atom is -0.469 e. The van der Waals surface area contributed by atoms with Gasteiger partial charge >= 0.3 is 5.97 Å². The van der Waals surface area contributed by atoms with Gasteiger partial charge in [0.15, 0.2) is 0 Å². The van der Waals surface area contributed by atoms with Crippen LogP contribution < -0.4 is 0 Å². The fourth-order valence-electron chi connectivity index (χ4n) is 0.869. The summed E-state index contributed by atoms with van der Waals surface area (Å²) in [4.78, 5) is 10.9. The Balaban J connectivity index is 0.000000791. The molecule has 0 aliphatic carbocycles. The molecule has 0 atom stereocenters. The Morgan fingerprint density at radius 2 is 1.93 bits per heavy atom. The molecule has 78 valence electrons. The molecular weight excluding hydrogens is 200 g/mol. The van der Waals surface area contributed by atoms with Gasteiger partial charge in [-0.1, -0.05) is 43.6 Å². The summed E-state index contributed by atoms with van der Waals surface area (Å²) in [5, 5.41) is 0.600. The number of ether oxygens (including phenoxy) is 1. The average Bonchev–Trinajstić information content (AvgIpc) is 2.24. The maximum absolute atomic E-state index is 10.9. The van der Waals surface area contributed by atoms with Crippen molar-refractivity contribution < 1.29 is 9.53 Å². The lowest BCUT2D eigenvalue weighted by Gasteiger charge is -2.01. The second-order valence-electron chi connectivity index (χ2n) is 2.34. The summed E-state index contributed by atoms with van der Waals surface area (Å²) in [5.74, 6) is -0.275. The Labute approximate surface area is 89.8 Å². The van der Waals surface area contributed by atoms with Gasteiger partial charge in [-0.15, -0.1) is 0 Å². The fraction of sp³-hybridized carbons (Fsp3) is 0.364. The van der Waals surface area contributed by atoms with Gasteiger partial charge in [0.05, 0.1) is 13.5 Å². The van der Waals surface area contributed by atoms with E-state index in [1.54, 1.807) is 12.1 Å². The van der Waals surface area contributed by atoms with Crippen LogP contribution in [0.15, 0.2) is 24.3 Å². The van der Waals surface area contributed by atoms with Crippen LogP contribution in [0.1, 0.15) is 19.4 Å². The summed E-state index contributed by atoms with van der Waals surface area (Å²) in [5.41, 5.74) is 0.797. The number of carbonyl (C=O) groups is 1. The minimum atomic E-state index is -0.275. The summed E-state index contributed by atoms with van der Waals surface area (Å²) in [6.45, 7) is 4.00. The van der Waals surface area contributed by atoms with E-state index in [9.17, 15) is 4.79 Å². The van der Waals surface area contributed by atoms with E-state index in [0.717, 1.165) is 5.56 Å². The van der Waals surface area contributed by atoms with Crippen LogP contribution in [0.3, 0.4) is 0 Å². The molecule has 0 aliphatic rings. The van der Waals surface area contributed by atoms with Crippen LogP contribution in [0.4, 0.5) is 0 Å². The summed E-state index contributed by atoms with van der Waals surface area (Å²) in [7, 11) is 1.36. The molecule has 0 heterocycles. The third-order valence-electron chi connectivity index (χ3n) is 1.52. The zero-order valence-corrected chi connectivity index (χ0v) is 9.47. The zero-order valence-electron chi connectivity index (χ0n) is 8.71. The first-order valence-corrected chi connectivity index (χ1v) is 4.92. The summed E-state index contributed by atoms with van der Waals surface area (Å²) in [6.07, 6.45) is 0.232. The second-order valence-corrected chi connectivity index (χ2v) is 2.75. The van der Waals surface area contributed by atoms with Crippen LogP contribution in [-0.2, 0) is 16.0 Å². The van der Waals surface area contributed by atoms with Crippen LogP contribution in [0.25, 0.3) is 0 Å². The molecule has 1 aromatic carbocycles. The van der Waals surface area contributed by atoms with Gasteiger partial charge in [-0.25, -0.2) is 0 Å². The molecule has 0 saturated heterocycles. The molecule has 0 radical (unpaired) electrons. The number of esters is 1.